The zero-order valence-electron chi connectivity index (χ0n) is 15.6. The molecule has 0 fully saturated rings. The molecule has 1 aromatic carbocycles. The van der Waals surface area contributed by atoms with Crippen molar-refractivity contribution in [2.75, 3.05) is 13.7 Å². The average molecular weight is 345 g/mol. The highest BCUT2D eigenvalue weighted by molar-refractivity contribution is 5.75. The maximum absolute atomic E-state index is 12.1. The first kappa shape index (κ1) is 18.9. The second-order valence-electron chi connectivity index (χ2n) is 7.35. The Hall–Kier alpha value is -2.44. The molecule has 1 amide bonds. The van der Waals surface area contributed by atoms with Crippen LogP contribution in [0.15, 0.2) is 24.3 Å². The standard InChI is InChI=1S/C18H27N5O2/c1-13(10-14-6-8-15(25-5)9-7-14)11-19-16(24)12-23-21-17(20-22-23)18(2,3)4/h6-9,13H,10-12H2,1-5H3,(H,19,24). The van der Waals surface area contributed by atoms with Gasteiger partial charge in [0.2, 0.25) is 5.91 Å². The van der Waals surface area contributed by atoms with Gasteiger partial charge in [-0.05, 0) is 35.2 Å². The molecule has 1 N–H and O–H groups in total. The number of nitrogens with one attached hydrogen (secondary N) is 1. The number of aromatic nitrogens is 4. The second-order valence-corrected chi connectivity index (χ2v) is 7.35. The van der Waals surface area contributed by atoms with Gasteiger partial charge in [-0.2, -0.15) is 4.80 Å². The number of methoxy groups -OCH3 is 1. The Morgan fingerprint density at radius 1 is 1.28 bits per heavy atom. The Morgan fingerprint density at radius 3 is 2.52 bits per heavy atom. The molecule has 1 heterocycles. The van der Waals surface area contributed by atoms with Crippen LogP contribution in [0.1, 0.15) is 39.1 Å². The van der Waals surface area contributed by atoms with Gasteiger partial charge in [0.05, 0.1) is 7.11 Å². The summed E-state index contributed by atoms with van der Waals surface area (Å²) in [5.41, 5.74) is 1.04. The highest BCUT2D eigenvalue weighted by atomic mass is 16.5. The minimum absolute atomic E-state index is 0.0817. The van der Waals surface area contributed by atoms with Gasteiger partial charge in [-0.15, -0.1) is 10.2 Å². The third-order valence-electron chi connectivity index (χ3n) is 3.80. The minimum atomic E-state index is -0.179. The van der Waals surface area contributed by atoms with Crippen LogP contribution >= 0.6 is 0 Å². The van der Waals surface area contributed by atoms with E-state index >= 15 is 0 Å². The molecule has 0 saturated heterocycles. The van der Waals surface area contributed by atoms with E-state index in [0.29, 0.717) is 18.3 Å². The average Bonchev–Trinajstić information content (AvgIpc) is 3.02. The van der Waals surface area contributed by atoms with Crippen LogP contribution in [0.4, 0.5) is 0 Å². The first-order chi connectivity index (χ1) is 11.8. The summed E-state index contributed by atoms with van der Waals surface area (Å²) >= 11 is 0. The van der Waals surface area contributed by atoms with E-state index in [1.807, 2.05) is 45.0 Å². The molecule has 2 aromatic rings. The van der Waals surface area contributed by atoms with Crippen molar-refractivity contribution in [2.24, 2.45) is 5.92 Å². The molecule has 1 aromatic heterocycles. The maximum atomic E-state index is 12.1. The van der Waals surface area contributed by atoms with Crippen molar-refractivity contribution in [3.8, 4) is 5.75 Å². The Bertz CT molecular complexity index is 688. The van der Waals surface area contributed by atoms with Crippen LogP contribution in [0, 0.1) is 5.92 Å². The molecule has 136 valence electrons. The van der Waals surface area contributed by atoms with E-state index in [1.165, 1.54) is 10.4 Å². The van der Waals surface area contributed by atoms with Gasteiger partial charge in [0.15, 0.2) is 5.82 Å². The van der Waals surface area contributed by atoms with E-state index in [9.17, 15) is 4.79 Å². The lowest BCUT2D eigenvalue weighted by Gasteiger charge is -2.13. The lowest BCUT2D eigenvalue weighted by molar-refractivity contribution is -0.122. The van der Waals surface area contributed by atoms with Crippen molar-refractivity contribution in [2.45, 2.75) is 46.1 Å². The summed E-state index contributed by atoms with van der Waals surface area (Å²) in [7, 11) is 1.65. The molecular formula is C18H27N5O2. The van der Waals surface area contributed by atoms with Gasteiger partial charge in [0, 0.05) is 12.0 Å². The van der Waals surface area contributed by atoms with Gasteiger partial charge >= 0.3 is 0 Å². The lowest BCUT2D eigenvalue weighted by Crippen LogP contribution is -2.32. The van der Waals surface area contributed by atoms with Crippen LogP contribution in [0.5, 0.6) is 5.75 Å². The first-order valence-corrected chi connectivity index (χ1v) is 8.46. The molecule has 0 radical (unpaired) electrons. The molecular weight excluding hydrogens is 318 g/mol. The van der Waals surface area contributed by atoms with Crippen LogP contribution < -0.4 is 10.1 Å². The van der Waals surface area contributed by atoms with Crippen molar-refractivity contribution < 1.29 is 9.53 Å². The number of amides is 1. The predicted octanol–water partition coefficient (Wildman–Crippen LogP) is 1.97. The van der Waals surface area contributed by atoms with Gasteiger partial charge in [-0.25, -0.2) is 0 Å². The zero-order chi connectivity index (χ0) is 18.4. The van der Waals surface area contributed by atoms with Crippen molar-refractivity contribution in [3.63, 3.8) is 0 Å². The smallest absolute Gasteiger partial charge is 0.243 e. The fourth-order valence-corrected chi connectivity index (χ4v) is 2.32. The highest BCUT2D eigenvalue weighted by Gasteiger charge is 2.20. The SMILES string of the molecule is COc1ccc(CC(C)CNC(=O)Cn2nnc(C(C)(C)C)n2)cc1. The molecule has 0 spiro atoms. The number of benzene rings is 1. The lowest BCUT2D eigenvalue weighted by atomic mass is 9.96. The monoisotopic (exact) mass is 345 g/mol. The van der Waals surface area contributed by atoms with Crippen molar-refractivity contribution in [1.82, 2.24) is 25.5 Å². The Labute approximate surface area is 148 Å². The number of hydrogen-bond donors (Lipinski definition) is 1. The van der Waals surface area contributed by atoms with Gasteiger partial charge in [0.25, 0.3) is 0 Å². The largest absolute Gasteiger partial charge is 0.497 e. The van der Waals surface area contributed by atoms with Crippen LogP contribution in [-0.2, 0) is 23.2 Å². The number of carbonyl (C=O) groups excluding carboxylic acids is 1. The summed E-state index contributed by atoms with van der Waals surface area (Å²) in [5.74, 6) is 1.69. The number of rotatable bonds is 7. The van der Waals surface area contributed by atoms with Crippen molar-refractivity contribution in [1.29, 1.82) is 0 Å². The molecule has 1 unspecified atom stereocenters. The number of ether oxygens (including phenoxy) is 1. The third-order valence-corrected chi connectivity index (χ3v) is 3.80. The molecule has 0 aliphatic carbocycles. The highest BCUT2D eigenvalue weighted by Crippen LogP contribution is 2.16. The Morgan fingerprint density at radius 2 is 1.96 bits per heavy atom. The summed E-state index contributed by atoms with van der Waals surface area (Å²) in [5, 5.41) is 15.1. The van der Waals surface area contributed by atoms with E-state index in [-0.39, 0.29) is 17.9 Å². The predicted molar refractivity (Wildman–Crippen MR) is 95.4 cm³/mol. The zero-order valence-corrected chi connectivity index (χ0v) is 15.6. The van der Waals surface area contributed by atoms with Crippen LogP contribution in [0.3, 0.4) is 0 Å². The van der Waals surface area contributed by atoms with Gasteiger partial charge in [-0.1, -0.05) is 39.8 Å². The summed E-state index contributed by atoms with van der Waals surface area (Å²) < 4.78 is 5.16. The fourth-order valence-electron chi connectivity index (χ4n) is 2.32. The van der Waals surface area contributed by atoms with Gasteiger partial charge in [0.1, 0.15) is 12.3 Å². The molecule has 0 bridgehead atoms. The van der Waals surface area contributed by atoms with E-state index < -0.39 is 0 Å². The molecule has 25 heavy (non-hydrogen) atoms. The summed E-state index contributed by atoms with van der Waals surface area (Å²) in [6.45, 7) is 8.82. The summed E-state index contributed by atoms with van der Waals surface area (Å²) in [6, 6.07) is 7.99. The maximum Gasteiger partial charge on any atom is 0.243 e. The van der Waals surface area contributed by atoms with Crippen LogP contribution in [0.25, 0.3) is 0 Å². The van der Waals surface area contributed by atoms with E-state index in [1.54, 1.807) is 7.11 Å². The molecule has 2 rings (SSSR count). The van der Waals surface area contributed by atoms with Gasteiger partial charge in [-0.3, -0.25) is 4.79 Å². The number of hydrogen-bond acceptors (Lipinski definition) is 5. The summed E-state index contributed by atoms with van der Waals surface area (Å²) in [6.07, 6.45) is 0.889. The third kappa shape index (κ3) is 5.85. The number of carbonyl (C=O) groups is 1. The molecule has 0 aliphatic rings. The number of nitrogens with zero attached hydrogens (tertiary/aromatic N) is 4. The van der Waals surface area contributed by atoms with E-state index in [4.69, 9.17) is 4.74 Å². The quantitative estimate of drug-likeness (QED) is 0.830. The fraction of sp³-hybridized carbons (Fsp3) is 0.556. The molecule has 0 aliphatic heterocycles. The van der Waals surface area contributed by atoms with Crippen LogP contribution in [0.2, 0.25) is 0 Å². The normalized spacial score (nSPS) is 12.7. The van der Waals surface area contributed by atoms with E-state index in [0.717, 1.165) is 12.2 Å². The molecule has 0 saturated carbocycles. The minimum Gasteiger partial charge on any atom is -0.497 e. The molecule has 7 nitrogen and oxygen atoms in total. The topological polar surface area (TPSA) is 81.9 Å². The Balaban J connectivity index is 1.77. The number of tetrazole rings is 1. The summed E-state index contributed by atoms with van der Waals surface area (Å²) in [4.78, 5) is 13.4. The molecule has 1 atom stereocenters. The van der Waals surface area contributed by atoms with Crippen molar-refractivity contribution in [3.05, 3.63) is 35.7 Å². The second kappa shape index (κ2) is 8.09. The van der Waals surface area contributed by atoms with Gasteiger partial charge < -0.3 is 10.1 Å². The van der Waals surface area contributed by atoms with Crippen molar-refractivity contribution >= 4 is 5.91 Å². The molecule has 7 heteroatoms. The first-order valence-electron chi connectivity index (χ1n) is 8.46. The van der Waals surface area contributed by atoms with E-state index in [2.05, 4.69) is 27.7 Å². The Kier molecular flexibility index (Phi) is 6.12. The van der Waals surface area contributed by atoms with Crippen LogP contribution in [-0.4, -0.2) is 39.8 Å².